The summed E-state index contributed by atoms with van der Waals surface area (Å²) in [4.78, 5) is 19.1. The highest BCUT2D eigenvalue weighted by molar-refractivity contribution is 14.0. The molecule has 1 amide bonds. The fraction of sp³-hybridized carbons (Fsp3) is 0.652. The highest BCUT2D eigenvalue weighted by Gasteiger charge is 2.28. The number of benzene rings is 1. The van der Waals surface area contributed by atoms with E-state index in [4.69, 9.17) is 0 Å². The molecule has 0 radical (unpaired) electrons. The molecule has 30 heavy (non-hydrogen) atoms. The zero-order valence-electron chi connectivity index (χ0n) is 18.7. The molecule has 2 fully saturated rings. The molecular weight excluding hydrogens is 489 g/mol. The average molecular weight is 527 g/mol. The molecule has 0 bridgehead atoms. The molecule has 1 aromatic rings. The molecule has 1 saturated heterocycles. The molecule has 3 rings (SSSR count). The van der Waals surface area contributed by atoms with Crippen LogP contribution in [0.4, 0.5) is 5.69 Å². The van der Waals surface area contributed by atoms with E-state index in [-0.39, 0.29) is 41.3 Å². The van der Waals surface area contributed by atoms with E-state index in [1.807, 2.05) is 18.2 Å². The molecular formula is C23H38IN5O. The third kappa shape index (κ3) is 7.11. The first-order valence-electron chi connectivity index (χ1n) is 11.1. The van der Waals surface area contributed by atoms with Crippen LogP contribution in [0.2, 0.25) is 0 Å². The molecule has 7 heteroatoms. The van der Waals surface area contributed by atoms with Crippen molar-refractivity contribution in [3.8, 4) is 0 Å². The summed E-state index contributed by atoms with van der Waals surface area (Å²) in [6, 6.07) is 8.04. The average Bonchev–Trinajstić information content (AvgIpc) is 2.67. The zero-order valence-corrected chi connectivity index (χ0v) is 21.0. The normalized spacial score (nSPS) is 18.2. The van der Waals surface area contributed by atoms with Crippen molar-refractivity contribution < 1.29 is 4.79 Å². The Morgan fingerprint density at radius 2 is 1.87 bits per heavy atom. The maximum Gasteiger partial charge on any atom is 0.227 e. The number of likely N-dealkylation sites (tertiary alicyclic amines) is 1. The smallest absolute Gasteiger partial charge is 0.227 e. The van der Waals surface area contributed by atoms with Crippen LogP contribution in [0.25, 0.3) is 0 Å². The molecule has 1 saturated carbocycles. The number of halogens is 1. The van der Waals surface area contributed by atoms with Gasteiger partial charge in [-0.1, -0.05) is 25.0 Å². The lowest BCUT2D eigenvalue weighted by molar-refractivity contribution is -0.122. The van der Waals surface area contributed by atoms with Crippen molar-refractivity contribution in [2.45, 2.75) is 64.5 Å². The van der Waals surface area contributed by atoms with Crippen LogP contribution >= 0.6 is 24.0 Å². The molecule has 1 heterocycles. The lowest BCUT2D eigenvalue weighted by Crippen LogP contribution is -2.54. The van der Waals surface area contributed by atoms with Crippen LogP contribution in [0.3, 0.4) is 0 Å². The third-order valence-corrected chi connectivity index (χ3v) is 6.25. The molecule has 6 nitrogen and oxygen atoms in total. The van der Waals surface area contributed by atoms with Crippen LogP contribution in [0.1, 0.15) is 57.9 Å². The number of amides is 1. The molecule has 1 aromatic carbocycles. The maximum atomic E-state index is 12.2. The minimum Gasteiger partial charge on any atom is -0.355 e. The van der Waals surface area contributed by atoms with Gasteiger partial charge in [-0.05, 0) is 70.3 Å². The van der Waals surface area contributed by atoms with Crippen molar-refractivity contribution in [1.29, 1.82) is 0 Å². The summed E-state index contributed by atoms with van der Waals surface area (Å²) in [6.07, 6.45) is 7.14. The summed E-state index contributed by atoms with van der Waals surface area (Å²) in [5.74, 6) is 1.15. The van der Waals surface area contributed by atoms with Crippen LogP contribution in [0.15, 0.2) is 29.3 Å². The van der Waals surface area contributed by atoms with Crippen molar-refractivity contribution in [3.05, 3.63) is 29.8 Å². The summed E-state index contributed by atoms with van der Waals surface area (Å²) in [5.41, 5.74) is 2.09. The fourth-order valence-electron chi connectivity index (χ4n) is 3.99. The Labute approximate surface area is 198 Å². The number of rotatable bonds is 7. The van der Waals surface area contributed by atoms with Gasteiger partial charge in [0.05, 0.1) is 0 Å². The molecule has 168 valence electrons. The molecule has 0 spiro atoms. The van der Waals surface area contributed by atoms with Crippen LogP contribution in [-0.2, 0) is 11.3 Å². The quantitative estimate of drug-likeness (QED) is 0.285. The maximum absolute atomic E-state index is 12.2. The largest absolute Gasteiger partial charge is 0.355 e. The van der Waals surface area contributed by atoms with E-state index in [2.05, 4.69) is 45.8 Å². The van der Waals surface area contributed by atoms with E-state index >= 15 is 0 Å². The Morgan fingerprint density at radius 3 is 2.50 bits per heavy atom. The van der Waals surface area contributed by atoms with Crippen molar-refractivity contribution in [2.24, 2.45) is 10.9 Å². The Hall–Kier alpha value is -1.35. The van der Waals surface area contributed by atoms with Gasteiger partial charge >= 0.3 is 0 Å². The van der Waals surface area contributed by atoms with Gasteiger partial charge in [-0.15, -0.1) is 24.0 Å². The Balaban J connectivity index is 0.00000320. The fourth-order valence-corrected chi connectivity index (χ4v) is 3.99. The number of piperidine rings is 1. The number of nitrogens with one attached hydrogen (secondary N) is 3. The van der Waals surface area contributed by atoms with Crippen LogP contribution in [-0.4, -0.2) is 49.0 Å². The number of guanidine groups is 1. The second kappa shape index (κ2) is 11.9. The Kier molecular flexibility index (Phi) is 9.87. The summed E-state index contributed by atoms with van der Waals surface area (Å²) in [5, 5.41) is 9.93. The predicted octanol–water partition coefficient (Wildman–Crippen LogP) is 3.97. The minimum atomic E-state index is 0. The molecule has 0 atom stereocenters. The first kappa shape index (κ1) is 24.9. The summed E-state index contributed by atoms with van der Waals surface area (Å²) in [6.45, 7) is 8.47. The Bertz CT molecular complexity index is 711. The van der Waals surface area contributed by atoms with Crippen LogP contribution in [0, 0.1) is 5.92 Å². The van der Waals surface area contributed by atoms with Crippen LogP contribution in [0.5, 0.6) is 0 Å². The number of anilines is 1. The van der Waals surface area contributed by atoms with Crippen molar-refractivity contribution >= 4 is 41.5 Å². The highest BCUT2D eigenvalue weighted by atomic mass is 127. The van der Waals surface area contributed by atoms with E-state index in [1.165, 1.54) is 38.8 Å². The van der Waals surface area contributed by atoms with Crippen molar-refractivity contribution in [3.63, 3.8) is 0 Å². The lowest BCUT2D eigenvalue weighted by atomic mass is 9.85. The van der Waals surface area contributed by atoms with Gasteiger partial charge < -0.3 is 16.0 Å². The summed E-state index contributed by atoms with van der Waals surface area (Å²) < 4.78 is 0. The second-order valence-corrected chi connectivity index (χ2v) is 8.96. The molecule has 0 unspecified atom stereocenters. The topological polar surface area (TPSA) is 68.8 Å². The van der Waals surface area contributed by atoms with Crippen LogP contribution < -0.4 is 16.0 Å². The van der Waals surface area contributed by atoms with E-state index in [1.54, 1.807) is 7.05 Å². The zero-order chi connectivity index (χ0) is 20.7. The van der Waals surface area contributed by atoms with Gasteiger partial charge in [0.1, 0.15) is 0 Å². The van der Waals surface area contributed by atoms with Gasteiger partial charge in [0.25, 0.3) is 0 Å². The highest BCUT2D eigenvalue weighted by Crippen LogP contribution is 2.27. The van der Waals surface area contributed by atoms with Gasteiger partial charge in [-0.3, -0.25) is 14.7 Å². The van der Waals surface area contributed by atoms with E-state index in [9.17, 15) is 4.79 Å². The van der Waals surface area contributed by atoms with E-state index in [0.717, 1.165) is 36.6 Å². The van der Waals surface area contributed by atoms with Crippen molar-refractivity contribution in [2.75, 3.05) is 32.0 Å². The predicted molar refractivity (Wildman–Crippen MR) is 136 cm³/mol. The monoisotopic (exact) mass is 527 g/mol. The summed E-state index contributed by atoms with van der Waals surface area (Å²) in [7, 11) is 1.80. The van der Waals surface area contributed by atoms with Gasteiger partial charge in [0.15, 0.2) is 5.96 Å². The number of carbonyl (C=O) groups excluding carboxylic acids is 1. The van der Waals surface area contributed by atoms with Gasteiger partial charge in [-0.2, -0.15) is 0 Å². The molecule has 2 aliphatic rings. The van der Waals surface area contributed by atoms with E-state index < -0.39 is 0 Å². The first-order valence-corrected chi connectivity index (χ1v) is 11.1. The second-order valence-electron chi connectivity index (χ2n) is 8.96. The molecule has 1 aliphatic carbocycles. The minimum absolute atomic E-state index is 0. The van der Waals surface area contributed by atoms with E-state index in [0.29, 0.717) is 6.54 Å². The number of aliphatic imine (C=N–C) groups is 1. The summed E-state index contributed by atoms with van der Waals surface area (Å²) >= 11 is 0. The number of carbonyl (C=O) groups is 1. The standard InChI is InChI=1S/C23H37N5O.HI/c1-23(2,28-13-5-4-6-14-28)17-26-22(24-3)25-16-18-9-7-12-20(15-18)27-21(29)19-10-8-11-19;/h7,9,12,15,19H,4-6,8,10-11,13-14,16-17H2,1-3H3,(H,27,29)(H2,24,25,26);1H. The number of hydrogen-bond acceptors (Lipinski definition) is 3. The lowest BCUT2D eigenvalue weighted by Gasteiger charge is -2.41. The Morgan fingerprint density at radius 1 is 1.13 bits per heavy atom. The van der Waals surface area contributed by atoms with Crippen molar-refractivity contribution in [1.82, 2.24) is 15.5 Å². The first-order chi connectivity index (χ1) is 14.0. The van der Waals surface area contributed by atoms with Gasteiger partial charge in [0.2, 0.25) is 5.91 Å². The molecule has 1 aliphatic heterocycles. The van der Waals surface area contributed by atoms with Gasteiger partial charge in [0, 0.05) is 37.3 Å². The number of hydrogen-bond donors (Lipinski definition) is 3. The third-order valence-electron chi connectivity index (χ3n) is 6.25. The molecule has 0 aromatic heterocycles. The SMILES string of the molecule is CN=C(NCc1cccc(NC(=O)C2CCC2)c1)NCC(C)(C)N1CCCCC1.I. The van der Waals surface area contributed by atoms with Gasteiger partial charge in [-0.25, -0.2) is 0 Å². The molecule has 3 N–H and O–H groups in total. The number of nitrogens with zero attached hydrogens (tertiary/aromatic N) is 2.